The van der Waals surface area contributed by atoms with Gasteiger partial charge < -0.3 is 15.4 Å². The minimum absolute atomic E-state index is 0.0558. The van der Waals surface area contributed by atoms with Gasteiger partial charge in [0, 0.05) is 26.8 Å². The summed E-state index contributed by atoms with van der Waals surface area (Å²) in [5.74, 6) is -0.826. The zero-order valence-electron chi connectivity index (χ0n) is 13.3. The maximum absolute atomic E-state index is 12.8. The molecule has 0 spiro atoms. The van der Waals surface area contributed by atoms with Crippen molar-refractivity contribution >= 4 is 11.8 Å². The van der Waals surface area contributed by atoms with Gasteiger partial charge >= 0.3 is 0 Å². The number of hydrogen-bond donors (Lipinski definition) is 2. The van der Waals surface area contributed by atoms with E-state index < -0.39 is 0 Å². The lowest BCUT2D eigenvalue weighted by Crippen LogP contribution is -2.31. The fourth-order valence-corrected chi connectivity index (χ4v) is 2.45. The normalized spacial score (nSPS) is 19.2. The summed E-state index contributed by atoms with van der Waals surface area (Å²) in [7, 11) is 1.62. The molecular formula is C17H23FN2O3. The van der Waals surface area contributed by atoms with Crippen molar-refractivity contribution in [1.29, 1.82) is 0 Å². The predicted octanol–water partition coefficient (Wildman–Crippen LogP) is 1.27. The fraction of sp³-hybridized carbons (Fsp3) is 0.529. The first-order valence-electron chi connectivity index (χ1n) is 7.90. The molecule has 0 aliphatic heterocycles. The lowest BCUT2D eigenvalue weighted by atomic mass is 10.1. The van der Waals surface area contributed by atoms with Gasteiger partial charge in [0.05, 0.1) is 11.8 Å². The van der Waals surface area contributed by atoms with Gasteiger partial charge in [-0.15, -0.1) is 0 Å². The maximum atomic E-state index is 12.8. The van der Waals surface area contributed by atoms with E-state index in [1.807, 2.05) is 0 Å². The van der Waals surface area contributed by atoms with Gasteiger partial charge in [0.1, 0.15) is 5.82 Å². The average molecular weight is 322 g/mol. The summed E-state index contributed by atoms with van der Waals surface area (Å²) in [5, 5.41) is 5.65. The zero-order chi connectivity index (χ0) is 16.7. The number of carbonyl (C=O) groups excluding carboxylic acids is 2. The molecule has 1 saturated carbocycles. The smallest absolute Gasteiger partial charge is 0.223 e. The summed E-state index contributed by atoms with van der Waals surface area (Å²) in [4.78, 5) is 23.8. The molecule has 2 rings (SSSR count). The van der Waals surface area contributed by atoms with Crippen molar-refractivity contribution in [3.63, 3.8) is 0 Å². The van der Waals surface area contributed by atoms with Gasteiger partial charge in [0.2, 0.25) is 11.8 Å². The average Bonchev–Trinajstić information content (AvgIpc) is 3.34. The van der Waals surface area contributed by atoms with Gasteiger partial charge in [-0.3, -0.25) is 9.59 Å². The molecule has 6 heteroatoms. The Morgan fingerprint density at radius 3 is 2.35 bits per heavy atom. The van der Waals surface area contributed by atoms with Crippen molar-refractivity contribution in [3.8, 4) is 0 Å². The largest absolute Gasteiger partial charge is 0.385 e. The number of methoxy groups -OCH3 is 1. The molecule has 1 aliphatic rings. The van der Waals surface area contributed by atoms with E-state index in [2.05, 4.69) is 10.6 Å². The van der Waals surface area contributed by atoms with Crippen molar-refractivity contribution in [1.82, 2.24) is 10.6 Å². The summed E-state index contributed by atoms with van der Waals surface area (Å²) in [6.07, 6.45) is 2.02. The standard InChI is InChI=1S/C17H23FN2O3/c1-23-10-2-8-19-16(21)14-11-15(14)17(22)20-9-7-12-3-5-13(18)6-4-12/h3-6,14-15H,2,7-11H2,1H3,(H,19,21)(H,20,22). The Kier molecular flexibility index (Phi) is 6.52. The second-order valence-corrected chi connectivity index (χ2v) is 5.75. The monoisotopic (exact) mass is 322 g/mol. The molecule has 2 unspecified atom stereocenters. The lowest BCUT2D eigenvalue weighted by Gasteiger charge is -2.06. The number of carbonyl (C=O) groups is 2. The maximum Gasteiger partial charge on any atom is 0.223 e. The van der Waals surface area contributed by atoms with Gasteiger partial charge in [-0.25, -0.2) is 4.39 Å². The van der Waals surface area contributed by atoms with E-state index in [9.17, 15) is 14.0 Å². The van der Waals surface area contributed by atoms with Crippen LogP contribution in [0.2, 0.25) is 0 Å². The third kappa shape index (κ3) is 5.63. The van der Waals surface area contributed by atoms with E-state index in [1.54, 1.807) is 19.2 Å². The Morgan fingerprint density at radius 2 is 1.74 bits per heavy atom. The fourth-order valence-electron chi connectivity index (χ4n) is 2.45. The molecule has 1 aromatic carbocycles. The minimum Gasteiger partial charge on any atom is -0.385 e. The van der Waals surface area contributed by atoms with Gasteiger partial charge in [-0.2, -0.15) is 0 Å². The topological polar surface area (TPSA) is 67.4 Å². The van der Waals surface area contributed by atoms with E-state index in [-0.39, 0.29) is 29.5 Å². The van der Waals surface area contributed by atoms with Crippen molar-refractivity contribution in [2.45, 2.75) is 19.3 Å². The third-order valence-corrected chi connectivity index (χ3v) is 3.91. The number of benzene rings is 1. The van der Waals surface area contributed by atoms with Gasteiger partial charge in [0.15, 0.2) is 0 Å². The SMILES string of the molecule is COCCCNC(=O)C1CC1C(=O)NCCc1ccc(F)cc1. The van der Waals surface area contributed by atoms with Crippen LogP contribution in [0, 0.1) is 17.7 Å². The Balaban J connectivity index is 1.61. The van der Waals surface area contributed by atoms with Crippen LogP contribution in [0.4, 0.5) is 4.39 Å². The number of nitrogens with one attached hydrogen (secondary N) is 2. The quantitative estimate of drug-likeness (QED) is 0.673. The molecule has 5 nitrogen and oxygen atoms in total. The first-order valence-corrected chi connectivity index (χ1v) is 7.90. The first kappa shape index (κ1) is 17.4. The molecule has 0 saturated heterocycles. The molecule has 0 bridgehead atoms. The van der Waals surface area contributed by atoms with Crippen molar-refractivity contribution in [2.24, 2.45) is 11.8 Å². The van der Waals surface area contributed by atoms with Gasteiger partial charge in [-0.1, -0.05) is 12.1 Å². The first-order chi connectivity index (χ1) is 11.1. The predicted molar refractivity (Wildman–Crippen MR) is 84.2 cm³/mol. The van der Waals surface area contributed by atoms with E-state index in [4.69, 9.17) is 4.74 Å². The number of amides is 2. The Labute approximate surface area is 135 Å². The molecule has 2 atom stereocenters. The van der Waals surface area contributed by atoms with Crippen LogP contribution in [-0.2, 0) is 20.7 Å². The van der Waals surface area contributed by atoms with Crippen LogP contribution in [0.1, 0.15) is 18.4 Å². The number of hydrogen-bond acceptors (Lipinski definition) is 3. The Morgan fingerprint density at radius 1 is 1.13 bits per heavy atom. The second-order valence-electron chi connectivity index (χ2n) is 5.75. The molecule has 2 amide bonds. The van der Waals surface area contributed by atoms with Crippen LogP contribution in [0.25, 0.3) is 0 Å². The van der Waals surface area contributed by atoms with E-state index >= 15 is 0 Å². The molecular weight excluding hydrogens is 299 g/mol. The minimum atomic E-state index is -0.268. The van der Waals surface area contributed by atoms with Crippen LogP contribution in [0.15, 0.2) is 24.3 Å². The summed E-state index contributed by atoms with van der Waals surface area (Å²) >= 11 is 0. The molecule has 1 fully saturated rings. The highest BCUT2D eigenvalue weighted by molar-refractivity contribution is 5.92. The Bertz CT molecular complexity index is 533. The zero-order valence-corrected chi connectivity index (χ0v) is 13.3. The molecule has 0 radical (unpaired) electrons. The van der Waals surface area contributed by atoms with Gasteiger partial charge in [-0.05, 0) is 37.0 Å². The molecule has 1 aliphatic carbocycles. The summed E-state index contributed by atoms with van der Waals surface area (Å²) in [6, 6.07) is 6.22. The number of ether oxygens (including phenoxy) is 1. The van der Waals surface area contributed by atoms with E-state index in [0.29, 0.717) is 32.5 Å². The van der Waals surface area contributed by atoms with Crippen molar-refractivity contribution in [2.75, 3.05) is 26.8 Å². The molecule has 0 aromatic heterocycles. The van der Waals surface area contributed by atoms with Crippen molar-refractivity contribution in [3.05, 3.63) is 35.6 Å². The van der Waals surface area contributed by atoms with Crippen LogP contribution in [0.5, 0.6) is 0 Å². The van der Waals surface area contributed by atoms with E-state index in [1.165, 1.54) is 12.1 Å². The third-order valence-electron chi connectivity index (χ3n) is 3.91. The lowest BCUT2D eigenvalue weighted by molar-refractivity contribution is -0.127. The molecule has 23 heavy (non-hydrogen) atoms. The molecule has 126 valence electrons. The van der Waals surface area contributed by atoms with Crippen molar-refractivity contribution < 1.29 is 18.7 Å². The van der Waals surface area contributed by atoms with Crippen LogP contribution in [0.3, 0.4) is 0 Å². The second kappa shape index (κ2) is 8.62. The number of rotatable bonds is 9. The number of halogens is 1. The van der Waals surface area contributed by atoms with Crippen LogP contribution < -0.4 is 10.6 Å². The Hall–Kier alpha value is -1.95. The highest BCUT2D eigenvalue weighted by Gasteiger charge is 2.47. The van der Waals surface area contributed by atoms with E-state index in [0.717, 1.165) is 12.0 Å². The molecule has 1 aromatic rings. The summed E-state index contributed by atoms with van der Waals surface area (Å²) in [5.41, 5.74) is 0.968. The van der Waals surface area contributed by atoms with Gasteiger partial charge in [0.25, 0.3) is 0 Å². The van der Waals surface area contributed by atoms with Crippen LogP contribution in [-0.4, -0.2) is 38.6 Å². The summed E-state index contributed by atoms with van der Waals surface area (Å²) < 4.78 is 17.7. The highest BCUT2D eigenvalue weighted by atomic mass is 19.1. The summed E-state index contributed by atoms with van der Waals surface area (Å²) in [6.45, 7) is 1.67. The molecule has 0 heterocycles. The van der Waals surface area contributed by atoms with Crippen LogP contribution >= 0.6 is 0 Å². The molecule has 2 N–H and O–H groups in total. The highest BCUT2D eigenvalue weighted by Crippen LogP contribution is 2.38.